The van der Waals surface area contributed by atoms with E-state index in [1.54, 1.807) is 0 Å². The molecule has 0 amide bonds. The second-order valence-corrected chi connectivity index (χ2v) is 11.4. The Morgan fingerprint density at radius 1 is 0.440 bits per heavy atom. The van der Waals surface area contributed by atoms with E-state index in [4.69, 9.17) is 0 Å². The Kier molecular flexibility index (Phi) is 5.40. The second-order valence-electron chi connectivity index (χ2n) is 4.93. The van der Waals surface area contributed by atoms with Crippen LogP contribution in [0.1, 0.15) is 6.92 Å². The van der Waals surface area contributed by atoms with Crippen molar-refractivity contribution in [3.8, 4) is 0 Å². The van der Waals surface area contributed by atoms with Gasteiger partial charge in [0.05, 0.1) is 0 Å². The Morgan fingerprint density at radius 3 is 0.840 bits per heavy atom. The van der Waals surface area contributed by atoms with E-state index in [9.17, 15) is 43.9 Å². The molecule has 0 nitrogen and oxygen atoms in total. The van der Waals surface area contributed by atoms with E-state index in [1.807, 2.05) is 0 Å². The van der Waals surface area contributed by atoms with Crippen LogP contribution in [-0.2, 0) is 0 Å². The van der Waals surface area contributed by atoms with Crippen molar-refractivity contribution in [3.63, 3.8) is 0 Å². The van der Waals surface area contributed by atoms with Crippen molar-refractivity contribution in [2.75, 3.05) is 0 Å². The second kappa shape index (κ2) is 6.89. The van der Waals surface area contributed by atoms with E-state index in [0.717, 1.165) is 6.92 Å². The summed E-state index contributed by atoms with van der Waals surface area (Å²) in [6.07, 6.45) is 0. The van der Waals surface area contributed by atoms with E-state index in [-0.39, 0.29) is 0 Å². The van der Waals surface area contributed by atoms with Gasteiger partial charge in [0.1, 0.15) is 0 Å². The molecule has 0 heterocycles. The zero-order valence-corrected chi connectivity index (χ0v) is 14.5. The summed E-state index contributed by atoms with van der Waals surface area (Å²) in [5, 5.41) is -0.538. The molecular weight excluding hydrogens is 431 g/mol. The van der Waals surface area contributed by atoms with Gasteiger partial charge in [-0.1, -0.05) is 0 Å². The first kappa shape index (κ1) is 19.6. The molecule has 0 radical (unpaired) electrons. The third-order valence-electron chi connectivity index (χ3n) is 3.59. The van der Waals surface area contributed by atoms with E-state index in [1.165, 1.54) is 0 Å². The molecule has 11 heteroatoms. The molecule has 0 bridgehead atoms. The first-order valence-corrected chi connectivity index (χ1v) is 10.7. The summed E-state index contributed by atoms with van der Waals surface area (Å²) >= 11 is -4.64. The van der Waals surface area contributed by atoms with Gasteiger partial charge in [-0.2, -0.15) is 0 Å². The molecule has 0 aromatic heterocycles. The molecule has 2 aromatic rings. The van der Waals surface area contributed by atoms with Crippen molar-refractivity contribution in [2.24, 2.45) is 0 Å². The molecule has 0 saturated heterocycles. The van der Waals surface area contributed by atoms with Crippen molar-refractivity contribution in [1.82, 2.24) is 0 Å². The van der Waals surface area contributed by atoms with Crippen molar-refractivity contribution >= 4 is 23.1 Å². The molecule has 0 N–H and O–H groups in total. The number of benzene rings is 2. The van der Waals surface area contributed by atoms with E-state index in [2.05, 4.69) is 0 Å². The third-order valence-corrected chi connectivity index (χ3v) is 10.4. The molecule has 25 heavy (non-hydrogen) atoms. The van der Waals surface area contributed by atoms with Gasteiger partial charge in [-0.15, -0.1) is 0 Å². The Labute approximate surface area is 138 Å². The van der Waals surface area contributed by atoms with Gasteiger partial charge < -0.3 is 0 Å². The monoisotopic (exact) mass is 438 g/mol. The fourth-order valence-electron chi connectivity index (χ4n) is 2.41. The first-order valence-electron chi connectivity index (χ1n) is 6.58. The molecule has 136 valence electrons. The minimum absolute atomic E-state index is 0.538. The number of hydrogen-bond acceptors (Lipinski definition) is 0. The molecule has 0 aliphatic carbocycles. The minimum atomic E-state index is -4.64. The molecule has 0 atom stereocenters. The molecular formula is C14H6F10Ge. The van der Waals surface area contributed by atoms with Crippen LogP contribution in [-0.4, -0.2) is 14.3 Å². The van der Waals surface area contributed by atoms with Crippen LogP contribution in [0.4, 0.5) is 43.9 Å². The summed E-state index contributed by atoms with van der Waals surface area (Å²) < 4.78 is 132. The van der Waals surface area contributed by atoms with E-state index < -0.39 is 86.6 Å². The Hall–Kier alpha value is -1.72. The molecule has 0 unspecified atom stereocenters. The Bertz CT molecular complexity index is 736. The van der Waals surface area contributed by atoms with Crippen molar-refractivity contribution < 1.29 is 43.9 Å². The number of rotatable bonds is 3. The van der Waals surface area contributed by atoms with Crippen LogP contribution >= 0.6 is 0 Å². The van der Waals surface area contributed by atoms with Crippen LogP contribution in [0.5, 0.6) is 0 Å². The van der Waals surface area contributed by atoms with Crippen molar-refractivity contribution in [2.45, 2.75) is 12.2 Å². The summed E-state index contributed by atoms with van der Waals surface area (Å²) in [5.74, 6) is -23.8. The average molecular weight is 437 g/mol. The standard InChI is InChI=1S/C14H6F10Ge/c1-2-25(13-9(21)5(17)3(15)6(18)10(13)22)14-11(23)7(19)4(16)8(20)12(14)24/h25H,2H2,1H3. The Morgan fingerprint density at radius 2 is 0.640 bits per heavy atom. The quantitative estimate of drug-likeness (QED) is 0.299. The van der Waals surface area contributed by atoms with Gasteiger partial charge in [0.2, 0.25) is 0 Å². The van der Waals surface area contributed by atoms with E-state index >= 15 is 0 Å². The van der Waals surface area contributed by atoms with Gasteiger partial charge >= 0.3 is 137 Å². The topological polar surface area (TPSA) is 0 Å². The summed E-state index contributed by atoms with van der Waals surface area (Å²) in [6.45, 7) is 1.08. The normalized spacial score (nSPS) is 11.5. The number of hydrogen-bond donors (Lipinski definition) is 0. The zero-order chi connectivity index (χ0) is 19.2. The SMILES string of the molecule is C[CH2][GeH]([c]1c(F)c(F)c(F)c(F)c1F)[c]1c(F)c(F)c(F)c(F)c1F. The van der Waals surface area contributed by atoms with Crippen molar-refractivity contribution in [1.29, 1.82) is 0 Å². The molecule has 0 aliphatic rings. The van der Waals surface area contributed by atoms with Crippen molar-refractivity contribution in [3.05, 3.63) is 58.2 Å². The van der Waals surface area contributed by atoms with Gasteiger partial charge in [0.15, 0.2) is 0 Å². The van der Waals surface area contributed by atoms with E-state index in [0.29, 0.717) is 0 Å². The van der Waals surface area contributed by atoms with Gasteiger partial charge in [0, 0.05) is 0 Å². The Balaban J connectivity index is 2.90. The summed E-state index contributed by atoms with van der Waals surface area (Å²) in [4.78, 5) is 0. The van der Waals surface area contributed by atoms with Gasteiger partial charge in [0.25, 0.3) is 0 Å². The average Bonchev–Trinajstić information content (AvgIpc) is 2.60. The zero-order valence-electron chi connectivity index (χ0n) is 12.1. The molecule has 2 rings (SSSR count). The fraction of sp³-hybridized carbons (Fsp3) is 0.143. The third kappa shape index (κ3) is 2.89. The van der Waals surface area contributed by atoms with Crippen LogP contribution in [0.25, 0.3) is 0 Å². The predicted octanol–water partition coefficient (Wildman–Crippen LogP) is 3.44. The van der Waals surface area contributed by atoms with Crippen LogP contribution in [0, 0.1) is 58.2 Å². The summed E-state index contributed by atoms with van der Waals surface area (Å²) in [6, 6.07) is 0. The maximum atomic E-state index is 13.9. The molecule has 0 fully saturated rings. The van der Waals surface area contributed by atoms with Crippen LogP contribution in [0.15, 0.2) is 0 Å². The van der Waals surface area contributed by atoms with Crippen LogP contribution in [0.3, 0.4) is 0 Å². The van der Waals surface area contributed by atoms with Gasteiger partial charge in [-0.25, -0.2) is 0 Å². The summed E-state index contributed by atoms with van der Waals surface area (Å²) in [7, 11) is 0. The molecule has 0 aliphatic heterocycles. The fourth-order valence-corrected chi connectivity index (χ4v) is 8.36. The summed E-state index contributed by atoms with van der Waals surface area (Å²) in [5.41, 5.74) is 0. The number of halogens is 10. The molecule has 0 saturated carbocycles. The van der Waals surface area contributed by atoms with Gasteiger partial charge in [-0.05, 0) is 0 Å². The maximum absolute atomic E-state index is 13.9. The molecule has 2 aromatic carbocycles. The van der Waals surface area contributed by atoms with Crippen LogP contribution in [0.2, 0.25) is 5.25 Å². The first-order chi connectivity index (χ1) is 11.6. The molecule has 0 spiro atoms. The predicted molar refractivity (Wildman–Crippen MR) is 69.4 cm³/mol. The van der Waals surface area contributed by atoms with Gasteiger partial charge in [-0.3, -0.25) is 0 Å². The van der Waals surface area contributed by atoms with Crippen LogP contribution < -0.4 is 8.79 Å².